The zero-order valence-electron chi connectivity index (χ0n) is 7.55. The van der Waals surface area contributed by atoms with Crippen molar-refractivity contribution < 1.29 is 9.90 Å². The minimum atomic E-state index is -0.780. The highest BCUT2D eigenvalue weighted by atomic mass is 16.4. The van der Waals surface area contributed by atoms with Crippen molar-refractivity contribution in [2.75, 3.05) is 0 Å². The predicted octanol–water partition coefficient (Wildman–Crippen LogP) is 2.52. The second-order valence-electron chi connectivity index (χ2n) is 3.29. The number of carbonyl (C=O) groups is 1. The molecule has 12 heavy (non-hydrogen) atoms. The van der Waals surface area contributed by atoms with Crippen LogP contribution in [0.15, 0.2) is 22.8 Å². The minimum absolute atomic E-state index is 0.527. The molecule has 2 nitrogen and oxygen atoms in total. The molecule has 0 atom stereocenters. The Morgan fingerprint density at radius 1 is 1.50 bits per heavy atom. The van der Waals surface area contributed by atoms with Crippen molar-refractivity contribution in [3.63, 3.8) is 0 Å². The molecule has 2 heteroatoms. The zero-order chi connectivity index (χ0) is 9.14. The van der Waals surface area contributed by atoms with E-state index in [1.54, 1.807) is 6.92 Å². The third-order valence-electron chi connectivity index (χ3n) is 2.37. The Hall–Kier alpha value is -1.05. The van der Waals surface area contributed by atoms with Gasteiger partial charge in [0.1, 0.15) is 0 Å². The van der Waals surface area contributed by atoms with Crippen LogP contribution in [0.1, 0.15) is 33.1 Å². The van der Waals surface area contributed by atoms with Crippen LogP contribution in [-0.4, -0.2) is 11.1 Å². The maximum Gasteiger partial charge on any atom is 0.331 e. The molecule has 1 aliphatic rings. The number of allylic oxidation sites excluding steroid dienone is 3. The fraction of sp³-hybridized carbons (Fsp3) is 0.500. The number of carboxylic acid groups (broad SMARTS) is 1. The highest BCUT2D eigenvalue weighted by molar-refractivity contribution is 5.86. The fourth-order valence-corrected chi connectivity index (χ4v) is 1.34. The molecule has 0 heterocycles. The lowest BCUT2D eigenvalue weighted by atomic mass is 9.92. The Morgan fingerprint density at radius 3 is 2.58 bits per heavy atom. The van der Waals surface area contributed by atoms with E-state index in [1.165, 1.54) is 5.57 Å². The fourth-order valence-electron chi connectivity index (χ4n) is 1.34. The highest BCUT2D eigenvalue weighted by Crippen LogP contribution is 2.24. The van der Waals surface area contributed by atoms with Crippen molar-refractivity contribution in [2.24, 2.45) is 0 Å². The van der Waals surface area contributed by atoms with E-state index >= 15 is 0 Å². The van der Waals surface area contributed by atoms with Crippen LogP contribution in [0.2, 0.25) is 0 Å². The molecular weight excluding hydrogens is 152 g/mol. The Morgan fingerprint density at radius 2 is 2.17 bits per heavy atom. The largest absolute Gasteiger partial charge is 0.478 e. The lowest BCUT2D eigenvalue weighted by Gasteiger charge is -2.13. The van der Waals surface area contributed by atoms with Crippen LogP contribution in [0.5, 0.6) is 0 Å². The Bertz CT molecular complexity index is 259. The first kappa shape index (κ1) is 9.04. The zero-order valence-corrected chi connectivity index (χ0v) is 7.55. The second-order valence-corrected chi connectivity index (χ2v) is 3.29. The summed E-state index contributed by atoms with van der Waals surface area (Å²) in [7, 11) is 0. The van der Waals surface area contributed by atoms with Gasteiger partial charge in [-0.25, -0.2) is 4.79 Å². The smallest absolute Gasteiger partial charge is 0.331 e. The van der Waals surface area contributed by atoms with Gasteiger partial charge in [0.25, 0.3) is 0 Å². The summed E-state index contributed by atoms with van der Waals surface area (Å²) in [6, 6.07) is 0. The minimum Gasteiger partial charge on any atom is -0.478 e. The van der Waals surface area contributed by atoms with Crippen LogP contribution in [-0.2, 0) is 4.79 Å². The van der Waals surface area contributed by atoms with Crippen molar-refractivity contribution in [3.8, 4) is 0 Å². The molecule has 0 aliphatic heterocycles. The topological polar surface area (TPSA) is 37.3 Å². The van der Waals surface area contributed by atoms with Crippen molar-refractivity contribution in [1.82, 2.24) is 0 Å². The van der Waals surface area contributed by atoms with Gasteiger partial charge in [-0.05, 0) is 33.1 Å². The van der Waals surface area contributed by atoms with E-state index < -0.39 is 5.97 Å². The molecule has 0 radical (unpaired) electrons. The molecule has 0 fully saturated rings. The molecule has 0 saturated heterocycles. The van der Waals surface area contributed by atoms with Gasteiger partial charge in [0.15, 0.2) is 0 Å². The monoisotopic (exact) mass is 166 g/mol. The van der Waals surface area contributed by atoms with Crippen LogP contribution in [0.3, 0.4) is 0 Å². The molecule has 0 aromatic carbocycles. The van der Waals surface area contributed by atoms with Gasteiger partial charge >= 0.3 is 5.97 Å². The molecule has 0 amide bonds. The van der Waals surface area contributed by atoms with E-state index in [0.717, 1.165) is 24.8 Å². The lowest BCUT2D eigenvalue weighted by molar-refractivity contribution is -0.132. The summed E-state index contributed by atoms with van der Waals surface area (Å²) >= 11 is 0. The van der Waals surface area contributed by atoms with E-state index in [0.29, 0.717) is 5.57 Å². The van der Waals surface area contributed by atoms with Crippen molar-refractivity contribution in [3.05, 3.63) is 22.8 Å². The standard InChI is InChI=1S/C10H14O2/c1-7-3-5-9(6-4-7)8(2)10(11)12/h3H,4-6H2,1-2H3,(H,11,12)/b9-8+. The second kappa shape index (κ2) is 3.57. The molecule has 1 aliphatic carbocycles. The SMILES string of the molecule is CC1=CC/C(=C(/C)C(=O)O)CC1. The molecule has 0 aromatic rings. The average molecular weight is 166 g/mol. The Kier molecular flexibility index (Phi) is 2.69. The number of aliphatic carboxylic acids is 1. The van der Waals surface area contributed by atoms with Gasteiger partial charge in [0.2, 0.25) is 0 Å². The molecule has 1 rings (SSSR count). The van der Waals surface area contributed by atoms with Crippen molar-refractivity contribution in [1.29, 1.82) is 0 Å². The molecule has 0 saturated carbocycles. The summed E-state index contributed by atoms with van der Waals surface area (Å²) in [4.78, 5) is 10.6. The Labute approximate surface area is 72.6 Å². The molecule has 0 aromatic heterocycles. The van der Waals surface area contributed by atoms with E-state index in [1.807, 2.05) is 0 Å². The molecule has 1 N–H and O–H groups in total. The first-order chi connectivity index (χ1) is 5.61. The van der Waals surface area contributed by atoms with Crippen LogP contribution in [0.25, 0.3) is 0 Å². The maximum atomic E-state index is 10.6. The number of hydrogen-bond acceptors (Lipinski definition) is 1. The van der Waals surface area contributed by atoms with Crippen molar-refractivity contribution in [2.45, 2.75) is 33.1 Å². The quantitative estimate of drug-likeness (QED) is 0.480. The number of carboxylic acids is 1. The van der Waals surface area contributed by atoms with Crippen LogP contribution in [0, 0.1) is 0 Å². The number of rotatable bonds is 1. The average Bonchev–Trinajstić information content (AvgIpc) is 2.04. The Balaban J connectivity index is 2.79. The lowest BCUT2D eigenvalue weighted by Crippen LogP contribution is -2.03. The highest BCUT2D eigenvalue weighted by Gasteiger charge is 2.11. The number of hydrogen-bond donors (Lipinski definition) is 1. The summed E-state index contributed by atoms with van der Waals surface area (Å²) in [5.74, 6) is -0.780. The van der Waals surface area contributed by atoms with E-state index in [9.17, 15) is 4.79 Å². The van der Waals surface area contributed by atoms with Gasteiger partial charge in [0.05, 0.1) is 0 Å². The summed E-state index contributed by atoms with van der Waals surface area (Å²) in [6.07, 6.45) is 4.87. The molecule has 66 valence electrons. The van der Waals surface area contributed by atoms with Gasteiger partial charge in [-0.15, -0.1) is 0 Å². The van der Waals surface area contributed by atoms with Gasteiger partial charge < -0.3 is 5.11 Å². The molecule has 0 spiro atoms. The summed E-state index contributed by atoms with van der Waals surface area (Å²) in [5.41, 5.74) is 2.98. The molecule has 0 bridgehead atoms. The van der Waals surface area contributed by atoms with Crippen molar-refractivity contribution >= 4 is 5.97 Å². The van der Waals surface area contributed by atoms with E-state index in [4.69, 9.17) is 5.11 Å². The van der Waals surface area contributed by atoms with Crippen LogP contribution < -0.4 is 0 Å². The van der Waals surface area contributed by atoms with Gasteiger partial charge in [-0.2, -0.15) is 0 Å². The predicted molar refractivity (Wildman–Crippen MR) is 47.9 cm³/mol. The summed E-state index contributed by atoms with van der Waals surface area (Å²) in [5, 5.41) is 8.72. The van der Waals surface area contributed by atoms with Crippen LogP contribution in [0.4, 0.5) is 0 Å². The summed E-state index contributed by atoms with van der Waals surface area (Å²) in [6.45, 7) is 3.78. The first-order valence-corrected chi connectivity index (χ1v) is 4.19. The molecule has 0 unspecified atom stereocenters. The summed E-state index contributed by atoms with van der Waals surface area (Å²) < 4.78 is 0. The first-order valence-electron chi connectivity index (χ1n) is 4.19. The normalized spacial score (nSPS) is 21.7. The third-order valence-corrected chi connectivity index (χ3v) is 2.37. The van der Waals surface area contributed by atoms with Crippen LogP contribution >= 0.6 is 0 Å². The van der Waals surface area contributed by atoms with Gasteiger partial charge in [0, 0.05) is 5.57 Å². The molecular formula is C10H14O2. The van der Waals surface area contributed by atoms with Gasteiger partial charge in [-0.3, -0.25) is 0 Å². The van der Waals surface area contributed by atoms with E-state index in [-0.39, 0.29) is 0 Å². The third kappa shape index (κ3) is 1.97. The maximum absolute atomic E-state index is 10.6. The van der Waals surface area contributed by atoms with Gasteiger partial charge in [-0.1, -0.05) is 17.2 Å². The van der Waals surface area contributed by atoms with E-state index in [2.05, 4.69) is 13.0 Å².